The predicted molar refractivity (Wildman–Crippen MR) is 87.2 cm³/mol. The molecule has 0 fully saturated rings. The molecule has 2 N–H and O–H groups in total. The summed E-state index contributed by atoms with van der Waals surface area (Å²) >= 11 is 0. The minimum Gasteiger partial charge on any atom is -0.338 e. The van der Waals surface area contributed by atoms with Crippen LogP contribution in [-0.4, -0.2) is 47.9 Å². The summed E-state index contributed by atoms with van der Waals surface area (Å²) in [5.41, 5.74) is 1.59. The van der Waals surface area contributed by atoms with Crippen molar-refractivity contribution in [3.05, 3.63) is 17.5 Å². The molecule has 2 heterocycles. The van der Waals surface area contributed by atoms with E-state index in [0.717, 1.165) is 30.7 Å². The monoisotopic (exact) mass is 343 g/mol. The van der Waals surface area contributed by atoms with Crippen LogP contribution in [0.4, 0.5) is 4.79 Å². The number of sulfonamides is 1. The van der Waals surface area contributed by atoms with E-state index in [1.807, 2.05) is 10.7 Å². The van der Waals surface area contributed by atoms with E-state index in [-0.39, 0.29) is 6.03 Å². The molecule has 0 saturated carbocycles. The SMILES string of the molecule is CCCCNC(=O)NCc1cc2n(n1)CCCN(S(C)(=O)=O)C2. The van der Waals surface area contributed by atoms with Gasteiger partial charge in [-0.15, -0.1) is 0 Å². The molecule has 0 unspecified atom stereocenters. The number of carbonyl (C=O) groups is 1. The fourth-order valence-electron chi connectivity index (χ4n) is 2.47. The molecule has 1 aliphatic heterocycles. The van der Waals surface area contributed by atoms with Crippen molar-refractivity contribution in [2.45, 2.75) is 45.8 Å². The van der Waals surface area contributed by atoms with E-state index in [0.29, 0.717) is 32.7 Å². The Morgan fingerprint density at radius 1 is 1.35 bits per heavy atom. The van der Waals surface area contributed by atoms with Gasteiger partial charge in [0.25, 0.3) is 0 Å². The number of nitrogens with one attached hydrogen (secondary N) is 2. The molecule has 0 atom stereocenters. The van der Waals surface area contributed by atoms with Gasteiger partial charge < -0.3 is 10.6 Å². The topological polar surface area (TPSA) is 96.3 Å². The zero-order valence-electron chi connectivity index (χ0n) is 13.7. The Kier molecular flexibility index (Phi) is 6.00. The number of urea groups is 1. The van der Waals surface area contributed by atoms with Crippen LogP contribution in [0.15, 0.2) is 6.07 Å². The molecule has 0 saturated heterocycles. The second kappa shape index (κ2) is 7.78. The van der Waals surface area contributed by atoms with Gasteiger partial charge in [0.15, 0.2) is 0 Å². The third-order valence-corrected chi connectivity index (χ3v) is 4.99. The second-order valence-corrected chi connectivity index (χ2v) is 7.75. The van der Waals surface area contributed by atoms with Gasteiger partial charge in [-0.3, -0.25) is 4.68 Å². The largest absolute Gasteiger partial charge is 0.338 e. The Morgan fingerprint density at radius 3 is 2.83 bits per heavy atom. The lowest BCUT2D eigenvalue weighted by Crippen LogP contribution is -2.35. The number of aryl methyl sites for hydroxylation is 1. The minimum atomic E-state index is -3.21. The van der Waals surface area contributed by atoms with Gasteiger partial charge in [0.1, 0.15) is 0 Å². The van der Waals surface area contributed by atoms with E-state index in [1.54, 1.807) is 0 Å². The normalized spacial score (nSPS) is 15.7. The second-order valence-electron chi connectivity index (χ2n) is 5.76. The highest BCUT2D eigenvalue weighted by molar-refractivity contribution is 7.88. The summed E-state index contributed by atoms with van der Waals surface area (Å²) in [5.74, 6) is 0. The van der Waals surface area contributed by atoms with Gasteiger partial charge in [0.05, 0.1) is 30.7 Å². The summed E-state index contributed by atoms with van der Waals surface area (Å²) in [7, 11) is -3.21. The van der Waals surface area contributed by atoms with Crippen LogP contribution >= 0.6 is 0 Å². The van der Waals surface area contributed by atoms with Crippen molar-refractivity contribution in [1.82, 2.24) is 24.7 Å². The average molecular weight is 343 g/mol. The number of nitrogens with zero attached hydrogens (tertiary/aromatic N) is 3. The molecule has 0 radical (unpaired) electrons. The predicted octanol–water partition coefficient (Wildman–Crippen LogP) is 0.648. The van der Waals surface area contributed by atoms with Crippen LogP contribution in [0.1, 0.15) is 37.6 Å². The minimum absolute atomic E-state index is 0.209. The standard InChI is InChI=1S/C14H25N5O3S/c1-3-4-6-15-14(20)16-10-12-9-13-11-18(23(2,21)22)7-5-8-19(13)17-12/h9H,3-8,10-11H2,1-2H3,(H2,15,16,20). The Hall–Kier alpha value is -1.61. The van der Waals surface area contributed by atoms with Gasteiger partial charge in [-0.2, -0.15) is 9.40 Å². The van der Waals surface area contributed by atoms with Crippen LogP contribution in [0.2, 0.25) is 0 Å². The maximum atomic E-state index is 11.7. The zero-order valence-corrected chi connectivity index (χ0v) is 14.5. The summed E-state index contributed by atoms with van der Waals surface area (Å²) in [4.78, 5) is 11.6. The molecule has 0 bridgehead atoms. The van der Waals surface area contributed by atoms with Gasteiger partial charge in [0.2, 0.25) is 10.0 Å². The van der Waals surface area contributed by atoms with Crippen molar-refractivity contribution in [3.8, 4) is 0 Å². The molecule has 2 rings (SSSR count). The quantitative estimate of drug-likeness (QED) is 0.741. The molecule has 8 nitrogen and oxygen atoms in total. The Bertz CT molecular complexity index is 641. The van der Waals surface area contributed by atoms with E-state index < -0.39 is 10.0 Å². The number of aromatic nitrogens is 2. The third-order valence-electron chi connectivity index (χ3n) is 3.74. The number of hydrogen-bond acceptors (Lipinski definition) is 4. The van der Waals surface area contributed by atoms with Gasteiger partial charge in [-0.25, -0.2) is 13.2 Å². The fourth-order valence-corrected chi connectivity index (χ4v) is 3.30. The Morgan fingerprint density at radius 2 is 2.13 bits per heavy atom. The van der Waals surface area contributed by atoms with Crippen LogP contribution in [0, 0.1) is 0 Å². The highest BCUT2D eigenvalue weighted by Crippen LogP contribution is 2.16. The maximum Gasteiger partial charge on any atom is 0.315 e. The molecule has 1 aromatic rings. The highest BCUT2D eigenvalue weighted by atomic mass is 32.2. The van der Waals surface area contributed by atoms with Crippen LogP contribution in [0.5, 0.6) is 0 Å². The summed E-state index contributed by atoms with van der Waals surface area (Å²) in [6.45, 7) is 4.58. The van der Waals surface area contributed by atoms with Crippen LogP contribution in [0.3, 0.4) is 0 Å². The highest BCUT2D eigenvalue weighted by Gasteiger charge is 2.22. The molecule has 0 spiro atoms. The fraction of sp³-hybridized carbons (Fsp3) is 0.714. The van der Waals surface area contributed by atoms with Crippen LogP contribution < -0.4 is 10.6 Å². The lowest BCUT2D eigenvalue weighted by atomic mass is 10.3. The zero-order chi connectivity index (χ0) is 16.9. The number of carbonyl (C=O) groups excluding carboxylic acids is 1. The number of fused-ring (bicyclic) bond motifs is 1. The summed E-state index contributed by atoms with van der Waals surface area (Å²) < 4.78 is 26.7. The van der Waals surface area contributed by atoms with E-state index in [2.05, 4.69) is 22.7 Å². The van der Waals surface area contributed by atoms with Crippen molar-refractivity contribution in [1.29, 1.82) is 0 Å². The first-order valence-electron chi connectivity index (χ1n) is 7.92. The molecule has 130 valence electrons. The van der Waals surface area contributed by atoms with Gasteiger partial charge in [-0.1, -0.05) is 13.3 Å². The number of amides is 2. The molecular formula is C14H25N5O3S. The Balaban J connectivity index is 1.93. The molecule has 1 aliphatic rings. The number of rotatable bonds is 6. The number of hydrogen-bond donors (Lipinski definition) is 2. The first-order valence-corrected chi connectivity index (χ1v) is 9.77. The van der Waals surface area contributed by atoms with E-state index in [1.165, 1.54) is 10.6 Å². The van der Waals surface area contributed by atoms with Crippen molar-refractivity contribution in [2.75, 3.05) is 19.3 Å². The third kappa shape index (κ3) is 5.21. The molecular weight excluding hydrogens is 318 g/mol. The van der Waals surface area contributed by atoms with Crippen molar-refractivity contribution in [2.24, 2.45) is 0 Å². The Labute approximate surface area is 137 Å². The first kappa shape index (κ1) is 17.7. The van der Waals surface area contributed by atoms with E-state index in [9.17, 15) is 13.2 Å². The van der Waals surface area contributed by atoms with Gasteiger partial charge in [-0.05, 0) is 18.9 Å². The lowest BCUT2D eigenvalue weighted by molar-refractivity contribution is 0.240. The smallest absolute Gasteiger partial charge is 0.315 e. The van der Waals surface area contributed by atoms with Gasteiger partial charge in [0, 0.05) is 19.6 Å². The van der Waals surface area contributed by atoms with E-state index >= 15 is 0 Å². The van der Waals surface area contributed by atoms with Crippen LogP contribution in [0.25, 0.3) is 0 Å². The van der Waals surface area contributed by atoms with Gasteiger partial charge >= 0.3 is 6.03 Å². The van der Waals surface area contributed by atoms with E-state index in [4.69, 9.17) is 0 Å². The molecule has 0 aliphatic carbocycles. The average Bonchev–Trinajstić information content (AvgIpc) is 2.74. The van der Waals surface area contributed by atoms with Crippen LogP contribution in [-0.2, 0) is 29.7 Å². The summed E-state index contributed by atoms with van der Waals surface area (Å²) in [6, 6.07) is 1.65. The molecule has 9 heteroatoms. The molecule has 2 amide bonds. The van der Waals surface area contributed by atoms with Crippen molar-refractivity contribution < 1.29 is 13.2 Å². The van der Waals surface area contributed by atoms with Crippen molar-refractivity contribution >= 4 is 16.1 Å². The molecule has 1 aromatic heterocycles. The molecule has 23 heavy (non-hydrogen) atoms. The summed E-state index contributed by atoms with van der Waals surface area (Å²) in [5, 5.41) is 10.00. The maximum absolute atomic E-state index is 11.7. The summed E-state index contributed by atoms with van der Waals surface area (Å²) in [6.07, 6.45) is 3.94. The molecule has 0 aromatic carbocycles. The number of unbranched alkanes of at least 4 members (excludes halogenated alkanes) is 1. The van der Waals surface area contributed by atoms with Crippen molar-refractivity contribution in [3.63, 3.8) is 0 Å². The first-order chi connectivity index (χ1) is 10.9. The lowest BCUT2D eigenvalue weighted by Gasteiger charge is -2.16.